The monoisotopic (exact) mass is 209 g/mol. The van der Waals surface area contributed by atoms with Crippen LogP contribution in [0.5, 0.6) is 0 Å². The molecule has 0 bridgehead atoms. The maximum atomic E-state index is 11.5. The largest absolute Gasteiger partial charge is 0.329 e. The second-order valence-corrected chi connectivity index (χ2v) is 5.27. The van der Waals surface area contributed by atoms with E-state index in [1.54, 1.807) is 6.92 Å². The Balaban J connectivity index is 4.11. The molecule has 0 saturated heterocycles. The Morgan fingerprint density at radius 3 is 2.46 bits per heavy atom. The number of nitrogens with zero attached hydrogens (tertiary/aromatic N) is 1. The Bertz CT molecular complexity index is 219. The fourth-order valence-corrected chi connectivity index (χ4v) is 2.09. The molecule has 0 saturated carbocycles. The highest BCUT2D eigenvalue weighted by Gasteiger charge is 2.22. The highest BCUT2D eigenvalue weighted by molar-refractivity contribution is 7.59. The zero-order chi connectivity index (χ0) is 10.5. The van der Waals surface area contributed by atoms with Crippen LogP contribution >= 0.6 is 7.37 Å². The zero-order valence-corrected chi connectivity index (χ0v) is 9.34. The van der Waals surface area contributed by atoms with E-state index in [9.17, 15) is 9.36 Å². The van der Waals surface area contributed by atoms with E-state index >= 15 is 0 Å². The molecule has 0 radical (unpaired) electrons. The molecule has 1 amide bonds. The van der Waals surface area contributed by atoms with Crippen LogP contribution in [0, 0.1) is 0 Å². The van der Waals surface area contributed by atoms with Crippen LogP contribution in [0.4, 0.5) is 0 Å². The summed E-state index contributed by atoms with van der Waals surface area (Å²) in [6, 6.07) is 0. The van der Waals surface area contributed by atoms with Crippen molar-refractivity contribution in [3.8, 4) is 0 Å². The van der Waals surface area contributed by atoms with Gasteiger partial charge < -0.3 is 4.52 Å². The summed E-state index contributed by atoms with van der Waals surface area (Å²) in [5.74, 6) is -0.346. The van der Waals surface area contributed by atoms with Crippen molar-refractivity contribution in [1.82, 2.24) is 5.06 Å². The van der Waals surface area contributed by atoms with Crippen LogP contribution < -0.4 is 0 Å². The van der Waals surface area contributed by atoms with Crippen molar-refractivity contribution in [3.05, 3.63) is 0 Å². The minimum Gasteiger partial charge on any atom is -0.329 e. The molecule has 0 aliphatic heterocycles. The molecule has 1 atom stereocenters. The Morgan fingerprint density at radius 1 is 1.54 bits per heavy atom. The highest BCUT2D eigenvalue weighted by Crippen LogP contribution is 2.42. The number of hydrogen-bond acceptors (Lipinski definition) is 4. The lowest BCUT2D eigenvalue weighted by atomic mass is 10.7. The molecule has 0 rings (SSSR count). The van der Waals surface area contributed by atoms with Crippen molar-refractivity contribution >= 4 is 13.3 Å². The third-order valence-electron chi connectivity index (χ3n) is 1.45. The van der Waals surface area contributed by atoms with Gasteiger partial charge in [0.25, 0.3) is 5.91 Å². The third-order valence-corrected chi connectivity index (χ3v) is 3.10. The van der Waals surface area contributed by atoms with Gasteiger partial charge in [-0.3, -0.25) is 14.2 Å². The second-order valence-electron chi connectivity index (χ2n) is 2.66. The van der Waals surface area contributed by atoms with Gasteiger partial charge in [-0.15, -0.1) is 0 Å². The summed E-state index contributed by atoms with van der Waals surface area (Å²) in [7, 11) is 0.0538. The van der Waals surface area contributed by atoms with Crippen LogP contribution in [0.25, 0.3) is 0 Å². The van der Waals surface area contributed by atoms with E-state index in [2.05, 4.69) is 4.84 Å². The summed E-state index contributed by atoms with van der Waals surface area (Å²) >= 11 is 0. The maximum absolute atomic E-state index is 11.5. The maximum Gasteiger partial charge on any atom is 0.255 e. The molecule has 0 fully saturated rings. The van der Waals surface area contributed by atoms with Gasteiger partial charge in [-0.2, -0.15) is 0 Å². The van der Waals surface area contributed by atoms with E-state index < -0.39 is 7.37 Å². The van der Waals surface area contributed by atoms with Gasteiger partial charge in [-0.05, 0) is 6.92 Å². The topological polar surface area (TPSA) is 55.8 Å². The van der Waals surface area contributed by atoms with E-state index in [0.29, 0.717) is 6.61 Å². The molecule has 0 aliphatic rings. The molecular weight excluding hydrogens is 193 g/mol. The molecule has 0 aromatic rings. The van der Waals surface area contributed by atoms with Gasteiger partial charge in [0.2, 0.25) is 7.37 Å². The summed E-state index contributed by atoms with van der Waals surface area (Å²) in [6.45, 7) is 3.52. The lowest BCUT2D eigenvalue weighted by molar-refractivity contribution is -0.165. The average Bonchev–Trinajstić information content (AvgIpc) is 2.01. The quantitative estimate of drug-likeness (QED) is 0.499. The zero-order valence-electron chi connectivity index (χ0n) is 8.44. The van der Waals surface area contributed by atoms with Gasteiger partial charge in [0, 0.05) is 13.7 Å². The Labute approximate surface area is 78.4 Å². The van der Waals surface area contributed by atoms with Crippen molar-refractivity contribution in [2.75, 3.05) is 33.6 Å². The van der Waals surface area contributed by atoms with Crippen LogP contribution in [0.15, 0.2) is 0 Å². The van der Waals surface area contributed by atoms with E-state index in [-0.39, 0.29) is 12.1 Å². The number of carbonyl (C=O) groups excluding carboxylic acids is 1. The van der Waals surface area contributed by atoms with Gasteiger partial charge in [0.05, 0.1) is 13.7 Å². The first-order chi connectivity index (χ1) is 5.93. The van der Waals surface area contributed by atoms with Crippen LogP contribution in [-0.2, 0) is 18.7 Å². The molecule has 6 heteroatoms. The lowest BCUT2D eigenvalue weighted by Crippen LogP contribution is -2.28. The molecule has 0 aromatic carbocycles. The van der Waals surface area contributed by atoms with E-state index in [0.717, 1.165) is 5.06 Å². The fourth-order valence-electron chi connectivity index (χ4n) is 0.766. The van der Waals surface area contributed by atoms with Crippen LogP contribution in [0.2, 0.25) is 0 Å². The average molecular weight is 209 g/mol. The van der Waals surface area contributed by atoms with Crippen molar-refractivity contribution in [2.24, 2.45) is 0 Å². The summed E-state index contributed by atoms with van der Waals surface area (Å²) in [6.07, 6.45) is -0.120. The van der Waals surface area contributed by atoms with Gasteiger partial charge in [-0.1, -0.05) is 0 Å². The number of amides is 1. The van der Waals surface area contributed by atoms with Gasteiger partial charge in [0.1, 0.15) is 6.16 Å². The van der Waals surface area contributed by atoms with Crippen molar-refractivity contribution in [2.45, 2.75) is 6.92 Å². The predicted molar refractivity (Wildman–Crippen MR) is 49.8 cm³/mol. The SMILES string of the molecule is CCOP(C)(=O)CC(=O)N(C)OC. The van der Waals surface area contributed by atoms with Crippen molar-refractivity contribution in [3.63, 3.8) is 0 Å². The van der Waals surface area contributed by atoms with Crippen LogP contribution in [0.1, 0.15) is 6.92 Å². The Kier molecular flexibility index (Phi) is 5.21. The highest BCUT2D eigenvalue weighted by atomic mass is 31.2. The first kappa shape index (κ1) is 12.6. The molecule has 13 heavy (non-hydrogen) atoms. The minimum atomic E-state index is -2.79. The van der Waals surface area contributed by atoms with Crippen LogP contribution in [-0.4, -0.2) is 44.6 Å². The summed E-state index contributed by atoms with van der Waals surface area (Å²) in [4.78, 5) is 15.9. The van der Waals surface area contributed by atoms with Crippen molar-refractivity contribution in [1.29, 1.82) is 0 Å². The Morgan fingerprint density at radius 2 is 2.08 bits per heavy atom. The Hall–Kier alpha value is -0.380. The smallest absolute Gasteiger partial charge is 0.255 e. The molecule has 0 N–H and O–H groups in total. The molecule has 0 aliphatic carbocycles. The lowest BCUT2D eigenvalue weighted by Gasteiger charge is -2.17. The summed E-state index contributed by atoms with van der Waals surface area (Å²) in [5.41, 5.74) is 0. The number of rotatable bonds is 5. The predicted octanol–water partition coefficient (Wildman–Crippen LogP) is 0.951. The molecular formula is C7H16NO4P. The van der Waals surface area contributed by atoms with Gasteiger partial charge in [-0.25, -0.2) is 5.06 Å². The standard InChI is InChI=1S/C7H16NO4P/c1-5-12-13(4,10)6-7(9)8(2)11-3/h5-6H2,1-4H3. The van der Waals surface area contributed by atoms with E-state index in [1.165, 1.54) is 20.8 Å². The molecule has 0 aromatic heterocycles. The number of hydroxylamine groups is 2. The summed E-state index contributed by atoms with van der Waals surface area (Å²) in [5, 5.41) is 1.04. The number of hydrogen-bond donors (Lipinski definition) is 0. The molecule has 1 unspecified atom stereocenters. The molecule has 5 nitrogen and oxygen atoms in total. The van der Waals surface area contributed by atoms with E-state index in [4.69, 9.17) is 4.52 Å². The van der Waals surface area contributed by atoms with Gasteiger partial charge in [0.15, 0.2) is 0 Å². The molecule has 78 valence electrons. The first-order valence-corrected chi connectivity index (χ1v) is 6.20. The summed E-state index contributed by atoms with van der Waals surface area (Å²) < 4.78 is 16.5. The first-order valence-electron chi connectivity index (χ1n) is 3.94. The van der Waals surface area contributed by atoms with Crippen LogP contribution in [0.3, 0.4) is 0 Å². The minimum absolute atomic E-state index is 0.120. The van der Waals surface area contributed by atoms with Crippen molar-refractivity contribution < 1.29 is 18.7 Å². The normalized spacial score (nSPS) is 15.1. The molecule has 0 spiro atoms. The number of carbonyl (C=O) groups is 1. The fraction of sp³-hybridized carbons (Fsp3) is 0.857. The molecule has 0 heterocycles. The van der Waals surface area contributed by atoms with Gasteiger partial charge >= 0.3 is 0 Å². The van der Waals surface area contributed by atoms with E-state index in [1.807, 2.05) is 0 Å². The third kappa shape index (κ3) is 5.03. The second kappa shape index (κ2) is 5.37.